The van der Waals surface area contributed by atoms with E-state index in [1.807, 2.05) is 6.07 Å². The van der Waals surface area contributed by atoms with Crippen LogP contribution in [0.5, 0.6) is 0 Å². The first-order chi connectivity index (χ1) is 9.83. The molecule has 0 bridgehead atoms. The number of halogens is 1. The van der Waals surface area contributed by atoms with Crippen LogP contribution in [0.3, 0.4) is 0 Å². The second-order valence-corrected chi connectivity index (χ2v) is 5.99. The van der Waals surface area contributed by atoms with Gasteiger partial charge in [0.15, 0.2) is 0 Å². The zero-order valence-electron chi connectivity index (χ0n) is 10.9. The summed E-state index contributed by atoms with van der Waals surface area (Å²) in [6.07, 6.45) is 6.48. The fourth-order valence-electron chi connectivity index (χ4n) is 2.85. The molecule has 1 aliphatic rings. The first-order valence-electron chi connectivity index (χ1n) is 6.80. The van der Waals surface area contributed by atoms with Gasteiger partial charge in [0.25, 0.3) is 0 Å². The number of fused-ring (bicyclic) bond motifs is 3. The summed E-state index contributed by atoms with van der Waals surface area (Å²) in [6, 6.07) is 14.7. The lowest BCUT2D eigenvalue weighted by atomic mass is 9.99. The van der Waals surface area contributed by atoms with Crippen molar-refractivity contribution in [1.29, 1.82) is 0 Å². The third kappa shape index (κ3) is 1.83. The average Bonchev–Trinajstić information content (AvgIpc) is 2.86. The van der Waals surface area contributed by atoms with E-state index in [-0.39, 0.29) is 0 Å². The molecule has 2 aromatic carbocycles. The monoisotopic (exact) mass is 324 g/mol. The molecule has 0 radical (unpaired) electrons. The van der Waals surface area contributed by atoms with Crippen molar-refractivity contribution in [2.75, 3.05) is 0 Å². The van der Waals surface area contributed by atoms with Crippen molar-refractivity contribution in [2.24, 2.45) is 0 Å². The first kappa shape index (κ1) is 12.0. The Morgan fingerprint density at radius 3 is 2.85 bits per heavy atom. The molecule has 0 saturated carbocycles. The van der Waals surface area contributed by atoms with Crippen LogP contribution in [0.1, 0.15) is 17.7 Å². The van der Waals surface area contributed by atoms with Crippen molar-refractivity contribution >= 4 is 33.0 Å². The summed E-state index contributed by atoms with van der Waals surface area (Å²) in [5.41, 5.74) is 4.59. The minimum Gasteiger partial charge on any atom is -0.460 e. The summed E-state index contributed by atoms with van der Waals surface area (Å²) in [5.74, 6) is 1.12. The quantitative estimate of drug-likeness (QED) is 0.549. The van der Waals surface area contributed by atoms with Crippen LogP contribution >= 0.6 is 15.9 Å². The molecule has 1 heterocycles. The van der Waals surface area contributed by atoms with Crippen molar-refractivity contribution in [3.8, 4) is 11.1 Å². The summed E-state index contributed by atoms with van der Waals surface area (Å²) in [4.78, 5) is 0. The molecular weight excluding hydrogens is 312 g/mol. The highest BCUT2D eigenvalue weighted by Gasteiger charge is 2.17. The van der Waals surface area contributed by atoms with Crippen LogP contribution in [-0.4, -0.2) is 0 Å². The van der Waals surface area contributed by atoms with E-state index in [4.69, 9.17) is 4.42 Å². The largest absolute Gasteiger partial charge is 0.460 e. The Bertz CT molecular complexity index is 827. The van der Waals surface area contributed by atoms with Gasteiger partial charge in [-0.15, -0.1) is 0 Å². The molecule has 0 fully saturated rings. The summed E-state index contributed by atoms with van der Waals surface area (Å²) < 4.78 is 7.24. The third-order valence-corrected chi connectivity index (χ3v) is 4.28. The third-order valence-electron chi connectivity index (χ3n) is 3.79. The predicted octanol–water partition coefficient (Wildman–Crippen LogP) is 5.82. The molecule has 98 valence electrons. The van der Waals surface area contributed by atoms with Gasteiger partial charge in [0.05, 0.1) is 0 Å². The molecule has 0 N–H and O–H groups in total. The van der Waals surface area contributed by atoms with Crippen LogP contribution in [0, 0.1) is 0 Å². The van der Waals surface area contributed by atoms with E-state index in [1.54, 1.807) is 0 Å². The van der Waals surface area contributed by atoms with Gasteiger partial charge >= 0.3 is 0 Å². The Morgan fingerprint density at radius 2 is 1.95 bits per heavy atom. The highest BCUT2D eigenvalue weighted by Crippen LogP contribution is 2.37. The van der Waals surface area contributed by atoms with Crippen molar-refractivity contribution < 1.29 is 4.42 Å². The number of allylic oxidation sites excluding steroid dienone is 1. The summed E-state index contributed by atoms with van der Waals surface area (Å²) in [7, 11) is 0. The SMILES string of the molecule is Brc1cccc(-c2cccc3c4c(oc23)CCC=C4)c1. The molecule has 1 nitrogen and oxygen atoms in total. The van der Waals surface area contributed by atoms with E-state index in [9.17, 15) is 0 Å². The van der Waals surface area contributed by atoms with E-state index in [0.29, 0.717) is 0 Å². The van der Waals surface area contributed by atoms with Gasteiger partial charge in [-0.05, 0) is 24.1 Å². The van der Waals surface area contributed by atoms with Crippen LogP contribution in [0.4, 0.5) is 0 Å². The topological polar surface area (TPSA) is 13.1 Å². The fourth-order valence-corrected chi connectivity index (χ4v) is 3.25. The number of para-hydroxylation sites is 1. The normalized spacial score (nSPS) is 13.7. The van der Waals surface area contributed by atoms with Crippen molar-refractivity contribution in [1.82, 2.24) is 0 Å². The number of aryl methyl sites for hydroxylation is 1. The molecule has 1 aromatic heterocycles. The summed E-state index contributed by atoms with van der Waals surface area (Å²) >= 11 is 3.54. The molecular formula is C18H13BrO. The lowest BCUT2D eigenvalue weighted by Gasteiger charge is -2.03. The molecule has 2 heteroatoms. The van der Waals surface area contributed by atoms with Crippen molar-refractivity contribution in [3.05, 3.63) is 64.3 Å². The lowest BCUT2D eigenvalue weighted by Crippen LogP contribution is -1.87. The van der Waals surface area contributed by atoms with E-state index in [2.05, 4.69) is 64.5 Å². The first-order valence-corrected chi connectivity index (χ1v) is 7.59. The Balaban J connectivity index is 2.01. The molecule has 20 heavy (non-hydrogen) atoms. The number of benzene rings is 2. The van der Waals surface area contributed by atoms with Crippen LogP contribution in [0.15, 0.2) is 57.4 Å². The maximum absolute atomic E-state index is 6.15. The highest BCUT2D eigenvalue weighted by molar-refractivity contribution is 9.10. The Labute approximate surface area is 126 Å². The zero-order valence-corrected chi connectivity index (χ0v) is 12.5. The number of rotatable bonds is 1. The molecule has 1 aliphatic carbocycles. The minimum atomic E-state index is 0.998. The Kier molecular flexibility index (Phi) is 2.78. The maximum atomic E-state index is 6.15. The summed E-state index contributed by atoms with van der Waals surface area (Å²) in [6.45, 7) is 0. The van der Waals surface area contributed by atoms with Gasteiger partial charge in [-0.25, -0.2) is 0 Å². The Hall–Kier alpha value is -1.80. The second-order valence-electron chi connectivity index (χ2n) is 5.07. The zero-order chi connectivity index (χ0) is 13.5. The Morgan fingerprint density at radius 1 is 1.05 bits per heavy atom. The molecule has 0 saturated heterocycles. The predicted molar refractivity (Wildman–Crippen MR) is 86.7 cm³/mol. The highest BCUT2D eigenvalue weighted by atomic mass is 79.9. The van der Waals surface area contributed by atoms with Gasteiger partial charge in [0.2, 0.25) is 0 Å². The standard InChI is InChI=1S/C18H13BrO/c19-13-6-3-5-12(11-13)14-8-4-9-16-15-7-1-2-10-17(15)20-18(14)16/h1,3-9,11H,2,10H2. The van der Waals surface area contributed by atoms with Gasteiger partial charge in [-0.1, -0.05) is 58.4 Å². The second kappa shape index (κ2) is 4.64. The number of hydrogen-bond donors (Lipinski definition) is 0. The minimum absolute atomic E-state index is 0.998. The average molecular weight is 325 g/mol. The van der Waals surface area contributed by atoms with Crippen LogP contribution in [-0.2, 0) is 6.42 Å². The molecule has 0 atom stereocenters. The van der Waals surface area contributed by atoms with Gasteiger partial charge in [-0.2, -0.15) is 0 Å². The van der Waals surface area contributed by atoms with E-state index in [1.165, 1.54) is 16.5 Å². The van der Waals surface area contributed by atoms with E-state index >= 15 is 0 Å². The van der Waals surface area contributed by atoms with Gasteiger partial charge < -0.3 is 4.42 Å². The van der Waals surface area contributed by atoms with Gasteiger partial charge in [0.1, 0.15) is 11.3 Å². The fraction of sp³-hybridized carbons (Fsp3) is 0.111. The number of hydrogen-bond acceptors (Lipinski definition) is 1. The molecule has 4 rings (SSSR count). The molecule has 0 aliphatic heterocycles. The molecule has 0 unspecified atom stereocenters. The van der Waals surface area contributed by atoms with Gasteiger partial charge in [0, 0.05) is 27.4 Å². The van der Waals surface area contributed by atoms with E-state index in [0.717, 1.165) is 34.2 Å². The van der Waals surface area contributed by atoms with Crippen molar-refractivity contribution in [3.63, 3.8) is 0 Å². The van der Waals surface area contributed by atoms with Crippen molar-refractivity contribution in [2.45, 2.75) is 12.8 Å². The molecule has 0 amide bonds. The molecule has 0 spiro atoms. The van der Waals surface area contributed by atoms with Crippen LogP contribution in [0.25, 0.3) is 28.2 Å². The number of furan rings is 1. The maximum Gasteiger partial charge on any atom is 0.142 e. The van der Waals surface area contributed by atoms with E-state index < -0.39 is 0 Å². The van der Waals surface area contributed by atoms with Crippen LogP contribution < -0.4 is 0 Å². The smallest absolute Gasteiger partial charge is 0.142 e. The van der Waals surface area contributed by atoms with Crippen LogP contribution in [0.2, 0.25) is 0 Å². The molecule has 3 aromatic rings. The summed E-state index contributed by atoms with van der Waals surface area (Å²) in [5, 5.41) is 1.22. The van der Waals surface area contributed by atoms with Gasteiger partial charge in [-0.3, -0.25) is 0 Å². The lowest BCUT2D eigenvalue weighted by molar-refractivity contribution is 0.547.